The molecule has 3 aromatic carbocycles. The predicted octanol–water partition coefficient (Wildman–Crippen LogP) is 5.26. The Morgan fingerprint density at radius 1 is 0.935 bits per heavy atom. The third kappa shape index (κ3) is 5.27. The highest BCUT2D eigenvalue weighted by molar-refractivity contribution is 6.05. The largest absolute Gasteiger partial charge is 0.485 e. The average Bonchev–Trinajstić information content (AvgIpc) is 3.28. The number of hydrogen-bond donors (Lipinski definition) is 1. The van der Waals surface area contributed by atoms with Crippen molar-refractivity contribution in [3.05, 3.63) is 96.1 Å². The van der Waals surface area contributed by atoms with Gasteiger partial charge >= 0.3 is 0 Å². The molecule has 0 saturated carbocycles. The van der Waals surface area contributed by atoms with Gasteiger partial charge in [-0.1, -0.05) is 42.4 Å². The molecule has 1 N–H and O–H groups in total. The van der Waals surface area contributed by atoms with Crippen molar-refractivity contribution < 1.29 is 18.8 Å². The van der Waals surface area contributed by atoms with Gasteiger partial charge in [0.05, 0.1) is 5.69 Å². The van der Waals surface area contributed by atoms with Crippen molar-refractivity contribution in [2.75, 3.05) is 5.32 Å². The van der Waals surface area contributed by atoms with Gasteiger partial charge in [-0.3, -0.25) is 4.79 Å². The summed E-state index contributed by atoms with van der Waals surface area (Å²) < 4.78 is 16.6. The number of aryl methyl sites for hydroxylation is 1. The van der Waals surface area contributed by atoms with Crippen LogP contribution in [0.25, 0.3) is 0 Å². The molecule has 4 aromatic rings. The number of para-hydroxylation sites is 3. The molecule has 0 aliphatic rings. The van der Waals surface area contributed by atoms with Crippen molar-refractivity contribution in [3.8, 4) is 17.2 Å². The standard InChI is InChI=1S/C24H21N3O4/c1-2-23-26-22(27-31-23)16-29-18-14-12-17(13-15-18)24(28)25-20-10-6-7-11-21(20)30-19-8-4-3-5-9-19/h3-15H,2,16H2,1H3,(H,25,28). The molecule has 1 amide bonds. The highest BCUT2D eigenvalue weighted by Gasteiger charge is 2.11. The minimum atomic E-state index is -0.249. The zero-order valence-corrected chi connectivity index (χ0v) is 16.9. The lowest BCUT2D eigenvalue weighted by atomic mass is 10.2. The van der Waals surface area contributed by atoms with Crippen LogP contribution in [-0.4, -0.2) is 16.0 Å². The van der Waals surface area contributed by atoms with Crippen molar-refractivity contribution in [2.24, 2.45) is 0 Å². The van der Waals surface area contributed by atoms with E-state index in [4.69, 9.17) is 14.0 Å². The second kappa shape index (κ2) is 9.58. The Bertz CT molecular complexity index is 1140. The molecule has 7 heteroatoms. The molecule has 0 unspecified atom stereocenters. The van der Waals surface area contributed by atoms with Crippen LogP contribution < -0.4 is 14.8 Å². The van der Waals surface area contributed by atoms with Crippen molar-refractivity contribution in [1.29, 1.82) is 0 Å². The van der Waals surface area contributed by atoms with E-state index in [0.29, 0.717) is 46.6 Å². The molecule has 31 heavy (non-hydrogen) atoms. The van der Waals surface area contributed by atoms with Crippen LogP contribution in [0.3, 0.4) is 0 Å². The van der Waals surface area contributed by atoms with E-state index in [1.165, 1.54) is 0 Å². The second-order valence-electron chi connectivity index (χ2n) is 6.64. The normalized spacial score (nSPS) is 10.5. The summed E-state index contributed by atoms with van der Waals surface area (Å²) in [6.07, 6.45) is 0.677. The van der Waals surface area contributed by atoms with Crippen LogP contribution in [0.4, 0.5) is 5.69 Å². The third-order valence-corrected chi connectivity index (χ3v) is 4.40. The molecule has 0 aliphatic heterocycles. The fourth-order valence-electron chi connectivity index (χ4n) is 2.81. The zero-order chi connectivity index (χ0) is 21.5. The summed E-state index contributed by atoms with van der Waals surface area (Å²) in [4.78, 5) is 16.9. The summed E-state index contributed by atoms with van der Waals surface area (Å²) in [6.45, 7) is 2.13. The highest BCUT2D eigenvalue weighted by Crippen LogP contribution is 2.29. The van der Waals surface area contributed by atoms with E-state index in [2.05, 4.69) is 15.5 Å². The number of anilines is 1. The predicted molar refractivity (Wildman–Crippen MR) is 115 cm³/mol. The van der Waals surface area contributed by atoms with Crippen LogP contribution >= 0.6 is 0 Å². The number of nitrogens with one attached hydrogen (secondary N) is 1. The lowest BCUT2D eigenvalue weighted by Crippen LogP contribution is -2.12. The molecular weight excluding hydrogens is 394 g/mol. The Morgan fingerprint density at radius 3 is 2.42 bits per heavy atom. The topological polar surface area (TPSA) is 86.5 Å². The van der Waals surface area contributed by atoms with Crippen molar-refractivity contribution in [2.45, 2.75) is 20.0 Å². The first kappa shape index (κ1) is 20.2. The molecular formula is C24H21N3O4. The first-order chi connectivity index (χ1) is 15.2. The number of benzene rings is 3. The minimum absolute atomic E-state index is 0.194. The van der Waals surface area contributed by atoms with E-state index in [1.54, 1.807) is 36.4 Å². The number of rotatable bonds is 8. The van der Waals surface area contributed by atoms with Gasteiger partial charge in [-0.2, -0.15) is 4.98 Å². The first-order valence-corrected chi connectivity index (χ1v) is 9.89. The molecule has 0 fully saturated rings. The summed E-state index contributed by atoms with van der Waals surface area (Å²) in [5, 5.41) is 6.74. The van der Waals surface area contributed by atoms with Gasteiger partial charge < -0.3 is 19.3 Å². The first-order valence-electron chi connectivity index (χ1n) is 9.89. The molecule has 0 saturated heterocycles. The van der Waals surface area contributed by atoms with E-state index in [0.717, 1.165) is 0 Å². The zero-order valence-electron chi connectivity index (χ0n) is 16.9. The minimum Gasteiger partial charge on any atom is -0.485 e. The number of ether oxygens (including phenoxy) is 2. The maximum Gasteiger partial charge on any atom is 0.255 e. The molecule has 0 radical (unpaired) electrons. The summed E-state index contributed by atoms with van der Waals surface area (Å²) in [5.74, 6) is 2.66. The van der Waals surface area contributed by atoms with Crippen LogP contribution in [0.5, 0.6) is 17.2 Å². The Balaban J connectivity index is 1.39. The number of aromatic nitrogens is 2. The number of carbonyl (C=O) groups excluding carboxylic acids is 1. The number of hydrogen-bond acceptors (Lipinski definition) is 6. The number of nitrogens with zero attached hydrogens (tertiary/aromatic N) is 2. The van der Waals surface area contributed by atoms with E-state index in [1.807, 2.05) is 49.4 Å². The second-order valence-corrected chi connectivity index (χ2v) is 6.64. The van der Waals surface area contributed by atoms with Gasteiger partial charge in [0.2, 0.25) is 11.7 Å². The summed E-state index contributed by atoms with van der Waals surface area (Å²) in [6, 6.07) is 23.5. The molecule has 4 rings (SSSR count). The van der Waals surface area contributed by atoms with Crippen molar-refractivity contribution in [1.82, 2.24) is 10.1 Å². The lowest BCUT2D eigenvalue weighted by Gasteiger charge is -2.12. The Labute approximate surface area is 179 Å². The fourth-order valence-corrected chi connectivity index (χ4v) is 2.81. The Hall–Kier alpha value is -4.13. The lowest BCUT2D eigenvalue weighted by molar-refractivity contribution is 0.102. The quantitative estimate of drug-likeness (QED) is 0.423. The maximum absolute atomic E-state index is 12.7. The van der Waals surface area contributed by atoms with Gasteiger partial charge in [-0.15, -0.1) is 0 Å². The summed E-state index contributed by atoms with van der Waals surface area (Å²) >= 11 is 0. The molecule has 156 valence electrons. The van der Waals surface area contributed by atoms with Crippen molar-refractivity contribution >= 4 is 11.6 Å². The number of amides is 1. The Morgan fingerprint density at radius 2 is 1.68 bits per heavy atom. The van der Waals surface area contributed by atoms with E-state index < -0.39 is 0 Å². The van der Waals surface area contributed by atoms with E-state index in [9.17, 15) is 4.79 Å². The molecule has 1 aromatic heterocycles. The highest BCUT2D eigenvalue weighted by atomic mass is 16.5. The average molecular weight is 415 g/mol. The van der Waals surface area contributed by atoms with E-state index in [-0.39, 0.29) is 12.5 Å². The molecule has 0 spiro atoms. The van der Waals surface area contributed by atoms with Gasteiger partial charge in [0.1, 0.15) is 11.5 Å². The van der Waals surface area contributed by atoms with Crippen LogP contribution in [0.2, 0.25) is 0 Å². The van der Waals surface area contributed by atoms with Crippen LogP contribution in [-0.2, 0) is 13.0 Å². The van der Waals surface area contributed by atoms with Crippen LogP contribution in [0.1, 0.15) is 29.0 Å². The van der Waals surface area contributed by atoms with Gasteiger partial charge in [-0.25, -0.2) is 0 Å². The maximum atomic E-state index is 12.7. The molecule has 0 bridgehead atoms. The smallest absolute Gasteiger partial charge is 0.255 e. The fraction of sp³-hybridized carbons (Fsp3) is 0.125. The molecule has 0 atom stereocenters. The summed E-state index contributed by atoms with van der Waals surface area (Å²) in [5.41, 5.74) is 1.08. The van der Waals surface area contributed by atoms with E-state index >= 15 is 0 Å². The third-order valence-electron chi connectivity index (χ3n) is 4.40. The van der Waals surface area contributed by atoms with Crippen LogP contribution in [0, 0.1) is 0 Å². The molecule has 0 aliphatic carbocycles. The number of carbonyl (C=O) groups is 1. The monoisotopic (exact) mass is 415 g/mol. The van der Waals surface area contributed by atoms with Gasteiger partial charge in [0.25, 0.3) is 5.91 Å². The Kier molecular flexibility index (Phi) is 6.23. The van der Waals surface area contributed by atoms with Crippen molar-refractivity contribution in [3.63, 3.8) is 0 Å². The van der Waals surface area contributed by atoms with Gasteiger partial charge in [-0.05, 0) is 48.5 Å². The SMILES string of the molecule is CCc1nc(COc2ccc(C(=O)Nc3ccccc3Oc3ccccc3)cc2)no1. The summed E-state index contributed by atoms with van der Waals surface area (Å²) in [7, 11) is 0. The van der Waals surface area contributed by atoms with Crippen LogP contribution in [0.15, 0.2) is 83.4 Å². The van der Waals surface area contributed by atoms with Gasteiger partial charge in [0, 0.05) is 12.0 Å². The molecule has 7 nitrogen and oxygen atoms in total. The van der Waals surface area contributed by atoms with Gasteiger partial charge in [0.15, 0.2) is 12.4 Å². The molecule has 1 heterocycles.